The molecular weight excluding hydrogens is 569 g/mol. The minimum absolute atomic E-state index is 0.184. The molecule has 0 N–H and O–H groups in total. The van der Waals surface area contributed by atoms with Gasteiger partial charge in [0.25, 0.3) is 0 Å². The summed E-state index contributed by atoms with van der Waals surface area (Å²) < 4.78 is 0. The van der Waals surface area contributed by atoms with Crippen LogP contribution in [0.2, 0.25) is 0 Å². The molecule has 4 heterocycles. The first kappa shape index (κ1) is 24.9. The maximum Gasteiger partial charge on any atom is 0.239 e. The van der Waals surface area contributed by atoms with Gasteiger partial charge in [-0.1, -0.05) is 12.2 Å². The van der Waals surface area contributed by atoms with Crippen molar-refractivity contribution in [3.63, 3.8) is 0 Å². The lowest BCUT2D eigenvalue weighted by Crippen LogP contribution is -2.63. The van der Waals surface area contributed by atoms with E-state index in [4.69, 9.17) is 0 Å². The number of rotatable bonds is 2. The molecule has 2 saturated heterocycles. The van der Waals surface area contributed by atoms with E-state index in [-0.39, 0.29) is 47.3 Å². The van der Waals surface area contributed by atoms with E-state index in [1.54, 1.807) is 0 Å². The van der Waals surface area contributed by atoms with Gasteiger partial charge >= 0.3 is 0 Å². The molecule has 8 atom stereocenters. The van der Waals surface area contributed by atoms with Crippen molar-refractivity contribution < 1.29 is 19.2 Å². The van der Waals surface area contributed by atoms with Gasteiger partial charge in [0.15, 0.2) is 0 Å². The van der Waals surface area contributed by atoms with Crippen molar-refractivity contribution in [2.75, 3.05) is 9.80 Å². The first-order valence-corrected chi connectivity index (χ1v) is 16.6. The number of nitrogens with zero attached hydrogens (tertiary/aromatic N) is 4. The van der Waals surface area contributed by atoms with Gasteiger partial charge in [0.1, 0.15) is 22.1 Å². The van der Waals surface area contributed by atoms with Crippen molar-refractivity contribution in [3.8, 4) is 12.1 Å². The summed E-state index contributed by atoms with van der Waals surface area (Å²) >= 11 is 2.82. The first-order chi connectivity index (χ1) is 20.5. The van der Waals surface area contributed by atoms with E-state index < -0.39 is 23.7 Å². The smallest absolute Gasteiger partial charge is 0.239 e. The summed E-state index contributed by atoms with van der Waals surface area (Å²) in [7, 11) is 0. The van der Waals surface area contributed by atoms with Crippen molar-refractivity contribution >= 4 is 56.3 Å². The van der Waals surface area contributed by atoms with E-state index in [1.807, 2.05) is 12.2 Å². The number of aryl methyl sites for hydroxylation is 2. The normalized spacial score (nSPS) is 35.3. The molecule has 0 aromatic carbocycles. The maximum atomic E-state index is 14.1. The van der Waals surface area contributed by atoms with Crippen LogP contribution in [0.15, 0.2) is 12.2 Å². The Kier molecular flexibility index (Phi) is 5.04. The molecular formula is C32H26N4O4S2. The quantitative estimate of drug-likeness (QED) is 0.378. The third kappa shape index (κ3) is 2.81. The molecule has 8 aliphatic rings. The molecule has 0 radical (unpaired) electrons. The number of nitriles is 2. The third-order valence-electron chi connectivity index (χ3n) is 11.3. The molecule has 2 aromatic rings. The summed E-state index contributed by atoms with van der Waals surface area (Å²) in [5.74, 6) is -4.28. The fourth-order valence-corrected chi connectivity index (χ4v) is 12.3. The minimum atomic E-state index is -0.582. The molecule has 4 fully saturated rings. The van der Waals surface area contributed by atoms with Crippen LogP contribution in [0.5, 0.6) is 0 Å². The van der Waals surface area contributed by atoms with Gasteiger partial charge in [0, 0.05) is 9.75 Å². The molecule has 10 rings (SSSR count). The summed E-state index contributed by atoms with van der Waals surface area (Å²) in [6.07, 6.45) is 11.4. The number of allylic oxidation sites excluding steroid dienone is 2. The van der Waals surface area contributed by atoms with Crippen molar-refractivity contribution in [3.05, 3.63) is 44.2 Å². The number of imide groups is 2. The Morgan fingerprint density at radius 3 is 1.38 bits per heavy atom. The van der Waals surface area contributed by atoms with Crippen LogP contribution in [0, 0.1) is 70.0 Å². The van der Waals surface area contributed by atoms with E-state index in [0.717, 1.165) is 72.2 Å². The van der Waals surface area contributed by atoms with Gasteiger partial charge in [-0.25, -0.2) is 9.80 Å². The number of amides is 4. The lowest BCUT2D eigenvalue weighted by Gasteiger charge is -2.60. The predicted molar refractivity (Wildman–Crippen MR) is 153 cm³/mol. The minimum Gasteiger partial charge on any atom is -0.274 e. The van der Waals surface area contributed by atoms with Crippen molar-refractivity contribution in [1.29, 1.82) is 10.5 Å². The Hall–Kier alpha value is -3.60. The molecule has 0 unspecified atom stereocenters. The highest BCUT2D eigenvalue weighted by molar-refractivity contribution is 7.17. The number of anilines is 2. The molecule has 42 heavy (non-hydrogen) atoms. The Bertz CT molecular complexity index is 1730. The van der Waals surface area contributed by atoms with E-state index in [0.29, 0.717) is 21.1 Å². The number of fused-ring (bicyclic) bond motifs is 3. The van der Waals surface area contributed by atoms with Crippen LogP contribution in [-0.2, 0) is 44.9 Å². The van der Waals surface area contributed by atoms with Crippen molar-refractivity contribution in [1.82, 2.24) is 0 Å². The van der Waals surface area contributed by atoms with Gasteiger partial charge in [-0.15, -0.1) is 22.7 Å². The summed E-state index contributed by atoms with van der Waals surface area (Å²) in [6, 6.07) is 4.59. The highest BCUT2D eigenvalue weighted by Crippen LogP contribution is 2.69. The molecule has 210 valence electrons. The average molecular weight is 595 g/mol. The number of thiophene rings is 2. The Labute approximate surface area is 250 Å². The number of hydrogen-bond donors (Lipinski definition) is 0. The molecule has 2 aliphatic heterocycles. The molecule has 8 nitrogen and oxygen atoms in total. The Morgan fingerprint density at radius 1 is 0.595 bits per heavy atom. The van der Waals surface area contributed by atoms with Crippen LogP contribution in [0.1, 0.15) is 57.7 Å². The van der Waals surface area contributed by atoms with Gasteiger partial charge in [0.05, 0.1) is 34.8 Å². The monoisotopic (exact) mass is 594 g/mol. The van der Waals surface area contributed by atoms with Crippen molar-refractivity contribution in [2.45, 2.75) is 51.4 Å². The van der Waals surface area contributed by atoms with Gasteiger partial charge in [-0.3, -0.25) is 19.2 Å². The fraction of sp³-hybridized carbons (Fsp3) is 0.500. The zero-order valence-electron chi connectivity index (χ0n) is 22.7. The summed E-state index contributed by atoms with van der Waals surface area (Å²) in [6.45, 7) is 0. The number of hydrogen-bond acceptors (Lipinski definition) is 8. The second kappa shape index (κ2) is 8.49. The van der Waals surface area contributed by atoms with Crippen LogP contribution in [-0.4, -0.2) is 23.6 Å². The predicted octanol–water partition coefficient (Wildman–Crippen LogP) is 4.28. The van der Waals surface area contributed by atoms with Crippen LogP contribution >= 0.6 is 22.7 Å². The first-order valence-electron chi connectivity index (χ1n) is 15.0. The van der Waals surface area contributed by atoms with Crippen LogP contribution in [0.3, 0.4) is 0 Å². The fourth-order valence-electron chi connectivity index (χ4n) is 9.65. The second-order valence-corrected chi connectivity index (χ2v) is 15.0. The molecule has 2 aromatic heterocycles. The average Bonchev–Trinajstić information content (AvgIpc) is 3.67. The number of carbonyl (C=O) groups excluding carboxylic acids is 4. The molecule has 10 heteroatoms. The Morgan fingerprint density at radius 2 is 0.976 bits per heavy atom. The molecule has 2 bridgehead atoms. The lowest BCUT2D eigenvalue weighted by atomic mass is 9.40. The van der Waals surface area contributed by atoms with Gasteiger partial charge < -0.3 is 0 Å². The SMILES string of the molecule is N#Cc1c(N2C(=O)[C@@H]3[C@@H](C2=O)[C@H]2[C@H]4C=C[C@H]([C@H]5C(=O)N(c6sc7c(c6C#N)CCCC7)C(=O)[C@@H]45)[C@H]32)sc2c1CCCC2. The zero-order chi connectivity index (χ0) is 28.6. The second-order valence-electron chi connectivity index (χ2n) is 12.8. The maximum absolute atomic E-state index is 14.1. The van der Waals surface area contributed by atoms with E-state index >= 15 is 0 Å². The zero-order valence-corrected chi connectivity index (χ0v) is 24.3. The largest absolute Gasteiger partial charge is 0.274 e. The highest BCUT2D eigenvalue weighted by Gasteiger charge is 2.75. The third-order valence-corrected chi connectivity index (χ3v) is 13.8. The summed E-state index contributed by atoms with van der Waals surface area (Å²) in [4.78, 5) is 60.9. The molecule has 4 amide bonds. The number of carbonyl (C=O) groups is 4. The van der Waals surface area contributed by atoms with E-state index in [2.05, 4.69) is 12.1 Å². The standard InChI is InChI=1S/C32H26N4O4S2/c33-11-17-13-5-1-3-7-19(13)41-31(17)35-27(37)23-15-9-10-16(24(23)28(35)38)22-21(15)25-26(22)30(40)36(29(25)39)32-18(12-34)14-6-2-4-8-20(14)42-32/h9-10,15-16,21-26H,1-8H2/t15-,16+,21-,22-,23+,24-,25-,26-/m0/s1. The van der Waals surface area contributed by atoms with Crippen molar-refractivity contribution in [2.24, 2.45) is 47.3 Å². The van der Waals surface area contributed by atoms with Crippen LogP contribution in [0.25, 0.3) is 0 Å². The van der Waals surface area contributed by atoms with E-state index in [1.165, 1.54) is 32.5 Å². The molecule has 0 spiro atoms. The summed E-state index contributed by atoms with van der Waals surface area (Å²) in [5, 5.41) is 21.0. The van der Waals surface area contributed by atoms with Crippen LogP contribution in [0.4, 0.5) is 10.0 Å². The molecule has 6 aliphatic carbocycles. The van der Waals surface area contributed by atoms with Crippen LogP contribution < -0.4 is 9.80 Å². The summed E-state index contributed by atoms with van der Waals surface area (Å²) in [5.41, 5.74) is 2.90. The van der Waals surface area contributed by atoms with Gasteiger partial charge in [-0.2, -0.15) is 10.5 Å². The lowest BCUT2D eigenvalue weighted by molar-refractivity contribution is -0.166. The molecule has 2 saturated carbocycles. The topological polar surface area (TPSA) is 122 Å². The van der Waals surface area contributed by atoms with Gasteiger partial charge in [-0.05, 0) is 86.2 Å². The van der Waals surface area contributed by atoms with E-state index in [9.17, 15) is 29.7 Å². The van der Waals surface area contributed by atoms with Gasteiger partial charge in [0.2, 0.25) is 23.6 Å². The highest BCUT2D eigenvalue weighted by atomic mass is 32.1. The Balaban J connectivity index is 1.08.